The van der Waals surface area contributed by atoms with Gasteiger partial charge in [-0.2, -0.15) is 0 Å². The monoisotopic (exact) mass is 195 g/mol. The summed E-state index contributed by atoms with van der Waals surface area (Å²) in [7, 11) is -3.24. The molecule has 0 aromatic rings. The molecule has 64 valence electrons. The third-order valence-corrected chi connectivity index (χ3v) is 3.84. The Morgan fingerprint density at radius 3 is 2.64 bits per heavy atom. The van der Waals surface area contributed by atoms with Crippen LogP contribution in [-0.2, 0) is 14.8 Å². The summed E-state index contributed by atoms with van der Waals surface area (Å²) in [6, 6.07) is 0. The quantitative estimate of drug-likeness (QED) is 0.616. The molecule has 0 radical (unpaired) electrons. The molecule has 4 nitrogen and oxygen atoms in total. The number of hydrogen-bond acceptors (Lipinski definition) is 4. The molecule has 0 aromatic heterocycles. The van der Waals surface area contributed by atoms with E-state index in [1.165, 1.54) is 11.8 Å². The largest absolute Gasteiger partial charge is 0.274 e. The van der Waals surface area contributed by atoms with Crippen molar-refractivity contribution in [2.24, 2.45) is 0 Å². The summed E-state index contributed by atoms with van der Waals surface area (Å²) in [5, 5.41) is 0. The molecule has 6 heteroatoms. The highest BCUT2D eigenvalue weighted by atomic mass is 32.2. The van der Waals surface area contributed by atoms with E-state index in [-0.39, 0.29) is 24.0 Å². The minimum Gasteiger partial charge on any atom is -0.274 e. The molecule has 0 aromatic carbocycles. The van der Waals surface area contributed by atoms with Gasteiger partial charge in [-0.05, 0) is 6.26 Å². The van der Waals surface area contributed by atoms with Gasteiger partial charge in [0.15, 0.2) is 0 Å². The van der Waals surface area contributed by atoms with Crippen molar-refractivity contribution in [3.05, 3.63) is 0 Å². The van der Waals surface area contributed by atoms with Crippen molar-refractivity contribution in [2.45, 2.75) is 6.42 Å². The Balaban J connectivity index is 2.81. The molecule has 0 N–H and O–H groups in total. The summed E-state index contributed by atoms with van der Waals surface area (Å²) in [6.07, 6.45) is 1.91. The molecule has 11 heavy (non-hydrogen) atoms. The Bertz CT molecular complexity index is 259. The van der Waals surface area contributed by atoms with Gasteiger partial charge >= 0.3 is 0 Å². The maximum absolute atomic E-state index is 11.1. The van der Waals surface area contributed by atoms with Crippen molar-refractivity contribution in [1.29, 1.82) is 0 Å². The lowest BCUT2D eigenvalue weighted by molar-refractivity contribution is -0.124. The Kier molecular flexibility index (Phi) is 2.43. The van der Waals surface area contributed by atoms with Crippen molar-refractivity contribution in [3.8, 4) is 0 Å². The standard InChI is InChI=1S/C5H9NO3S2/c1-10-4-6-5(7)2-3-11(6,8)9/h2-4H2,1H3. The molecule has 0 aliphatic carbocycles. The number of rotatable bonds is 2. The summed E-state index contributed by atoms with van der Waals surface area (Å²) in [4.78, 5) is 10.9. The average Bonchev–Trinajstić information content (AvgIpc) is 2.16. The summed E-state index contributed by atoms with van der Waals surface area (Å²) < 4.78 is 23.0. The lowest BCUT2D eigenvalue weighted by atomic mass is 10.5. The molecule has 0 unspecified atom stereocenters. The van der Waals surface area contributed by atoms with Crippen LogP contribution in [0.2, 0.25) is 0 Å². The molecule has 1 rings (SSSR count). The van der Waals surface area contributed by atoms with E-state index in [0.29, 0.717) is 0 Å². The zero-order valence-corrected chi connectivity index (χ0v) is 7.74. The maximum atomic E-state index is 11.1. The number of sulfonamides is 1. The molecule has 0 atom stereocenters. The fraction of sp³-hybridized carbons (Fsp3) is 0.800. The second kappa shape index (κ2) is 3.02. The lowest BCUT2D eigenvalue weighted by Crippen LogP contribution is -2.28. The van der Waals surface area contributed by atoms with Gasteiger partial charge in [0.1, 0.15) is 0 Å². The highest BCUT2D eigenvalue weighted by molar-refractivity contribution is 7.99. The third-order valence-electron chi connectivity index (χ3n) is 1.43. The zero-order chi connectivity index (χ0) is 8.48. The summed E-state index contributed by atoms with van der Waals surface area (Å²) >= 11 is 1.33. The number of carbonyl (C=O) groups is 1. The van der Waals surface area contributed by atoms with Crippen molar-refractivity contribution in [3.63, 3.8) is 0 Å². The topological polar surface area (TPSA) is 54.5 Å². The average molecular weight is 195 g/mol. The van der Waals surface area contributed by atoms with Gasteiger partial charge in [0, 0.05) is 6.42 Å². The van der Waals surface area contributed by atoms with Crippen molar-refractivity contribution < 1.29 is 13.2 Å². The summed E-state index contributed by atoms with van der Waals surface area (Å²) in [5.74, 6) is -0.0487. The molecule has 1 amide bonds. The number of nitrogens with zero attached hydrogens (tertiary/aromatic N) is 1. The van der Waals surface area contributed by atoms with Crippen LogP contribution in [0.5, 0.6) is 0 Å². The Hall–Kier alpha value is -0.230. The first-order valence-electron chi connectivity index (χ1n) is 3.10. The maximum Gasteiger partial charge on any atom is 0.238 e. The first-order chi connectivity index (χ1) is 5.08. The minimum absolute atomic E-state index is 0.0214. The van der Waals surface area contributed by atoms with Crippen molar-refractivity contribution in [1.82, 2.24) is 4.31 Å². The van der Waals surface area contributed by atoms with Crippen LogP contribution in [0.15, 0.2) is 0 Å². The van der Waals surface area contributed by atoms with Crippen molar-refractivity contribution in [2.75, 3.05) is 17.9 Å². The molecule has 0 saturated carbocycles. The molecule has 0 bridgehead atoms. The first kappa shape index (κ1) is 8.86. The van der Waals surface area contributed by atoms with E-state index in [1.54, 1.807) is 6.26 Å². The third kappa shape index (κ3) is 1.67. The van der Waals surface area contributed by atoms with Gasteiger partial charge < -0.3 is 0 Å². The smallest absolute Gasteiger partial charge is 0.238 e. The van der Waals surface area contributed by atoms with Gasteiger partial charge in [-0.3, -0.25) is 4.79 Å². The highest BCUT2D eigenvalue weighted by Crippen LogP contribution is 2.16. The van der Waals surface area contributed by atoms with Crippen LogP contribution in [0, 0.1) is 0 Å². The van der Waals surface area contributed by atoms with Crippen LogP contribution in [0.4, 0.5) is 0 Å². The van der Waals surface area contributed by atoms with E-state index in [9.17, 15) is 13.2 Å². The van der Waals surface area contributed by atoms with Crippen LogP contribution >= 0.6 is 11.8 Å². The molecule has 1 aliphatic heterocycles. The molecule has 1 saturated heterocycles. The van der Waals surface area contributed by atoms with Gasteiger partial charge in [0.05, 0.1) is 11.6 Å². The number of carbonyl (C=O) groups excluding carboxylic acids is 1. The van der Waals surface area contributed by atoms with Crippen LogP contribution in [0.1, 0.15) is 6.42 Å². The molecular formula is C5H9NO3S2. The van der Waals surface area contributed by atoms with Crippen LogP contribution in [-0.4, -0.2) is 36.5 Å². The first-order valence-corrected chi connectivity index (χ1v) is 6.10. The highest BCUT2D eigenvalue weighted by Gasteiger charge is 2.34. The van der Waals surface area contributed by atoms with Gasteiger partial charge in [-0.25, -0.2) is 12.7 Å². The van der Waals surface area contributed by atoms with Crippen LogP contribution in [0.25, 0.3) is 0 Å². The second-order valence-corrected chi connectivity index (χ2v) is 5.07. The fourth-order valence-corrected chi connectivity index (χ4v) is 3.27. The van der Waals surface area contributed by atoms with E-state index in [2.05, 4.69) is 0 Å². The van der Waals surface area contributed by atoms with Crippen LogP contribution in [0.3, 0.4) is 0 Å². The second-order valence-electron chi connectivity index (χ2n) is 2.23. The molecule has 1 heterocycles. The van der Waals surface area contributed by atoms with Crippen molar-refractivity contribution >= 4 is 27.7 Å². The Morgan fingerprint density at radius 1 is 1.64 bits per heavy atom. The molecular weight excluding hydrogens is 186 g/mol. The van der Waals surface area contributed by atoms with E-state index in [1.807, 2.05) is 0 Å². The van der Waals surface area contributed by atoms with E-state index >= 15 is 0 Å². The molecule has 1 fully saturated rings. The Morgan fingerprint density at radius 2 is 2.27 bits per heavy atom. The SMILES string of the molecule is CSCN1C(=O)CCS1(=O)=O. The fourth-order valence-electron chi connectivity index (χ4n) is 0.876. The van der Waals surface area contributed by atoms with Crippen LogP contribution < -0.4 is 0 Å². The molecule has 1 aliphatic rings. The minimum atomic E-state index is -3.24. The van der Waals surface area contributed by atoms with E-state index in [0.717, 1.165) is 4.31 Å². The summed E-state index contributed by atoms with van der Waals surface area (Å²) in [5.41, 5.74) is 0. The lowest BCUT2D eigenvalue weighted by Gasteiger charge is -2.11. The summed E-state index contributed by atoms with van der Waals surface area (Å²) in [6.45, 7) is 0. The van der Waals surface area contributed by atoms with Gasteiger partial charge in [0.25, 0.3) is 0 Å². The van der Waals surface area contributed by atoms with Gasteiger partial charge in [-0.1, -0.05) is 0 Å². The number of amides is 1. The normalized spacial score (nSPS) is 22.6. The number of hydrogen-bond donors (Lipinski definition) is 0. The van der Waals surface area contributed by atoms with E-state index in [4.69, 9.17) is 0 Å². The molecule has 0 spiro atoms. The van der Waals surface area contributed by atoms with Gasteiger partial charge in [0.2, 0.25) is 15.9 Å². The van der Waals surface area contributed by atoms with Gasteiger partial charge in [-0.15, -0.1) is 11.8 Å². The predicted molar refractivity (Wildman–Crippen MR) is 43.6 cm³/mol. The zero-order valence-electron chi connectivity index (χ0n) is 6.11. The van der Waals surface area contributed by atoms with E-state index < -0.39 is 10.0 Å². The number of thioether (sulfide) groups is 1. The predicted octanol–water partition coefficient (Wildman–Crippen LogP) is -0.131. The Labute approximate surface area is 70.0 Å².